The van der Waals surface area contributed by atoms with Crippen LogP contribution in [0.5, 0.6) is 0 Å². The maximum atomic E-state index is 12.6. The van der Waals surface area contributed by atoms with Crippen LogP contribution in [-0.4, -0.2) is 15.5 Å². The number of nitrogens with one attached hydrogen (secondary N) is 1. The SMILES string of the molecule is CCc1ccccc1NC(=O)Cn1c(-c2ccccc2)nc(C)cc1=O. The number of carbonyl (C=O) groups excluding carboxylic acids is 1. The summed E-state index contributed by atoms with van der Waals surface area (Å²) in [6.07, 6.45) is 0.817. The second-order valence-electron chi connectivity index (χ2n) is 6.07. The maximum Gasteiger partial charge on any atom is 0.254 e. The highest BCUT2D eigenvalue weighted by Gasteiger charge is 2.13. The number of rotatable bonds is 5. The number of para-hydroxylation sites is 1. The Balaban J connectivity index is 1.92. The lowest BCUT2D eigenvalue weighted by Crippen LogP contribution is -2.29. The molecule has 0 unspecified atom stereocenters. The van der Waals surface area contributed by atoms with Crippen molar-refractivity contribution in [2.24, 2.45) is 0 Å². The minimum absolute atomic E-state index is 0.0889. The van der Waals surface area contributed by atoms with Gasteiger partial charge in [-0.15, -0.1) is 0 Å². The summed E-state index contributed by atoms with van der Waals surface area (Å²) in [5, 5.41) is 2.90. The summed E-state index contributed by atoms with van der Waals surface area (Å²) >= 11 is 0. The maximum absolute atomic E-state index is 12.6. The molecular weight excluding hydrogens is 326 g/mol. The summed E-state index contributed by atoms with van der Waals surface area (Å²) in [6, 6.07) is 18.5. The molecule has 0 aliphatic heterocycles. The summed E-state index contributed by atoms with van der Waals surface area (Å²) < 4.78 is 1.41. The molecule has 0 fully saturated rings. The molecule has 26 heavy (non-hydrogen) atoms. The van der Waals surface area contributed by atoms with E-state index < -0.39 is 0 Å². The van der Waals surface area contributed by atoms with E-state index in [0.29, 0.717) is 11.5 Å². The molecule has 5 nitrogen and oxygen atoms in total. The average Bonchev–Trinajstić information content (AvgIpc) is 2.65. The van der Waals surface area contributed by atoms with Crippen LogP contribution in [0.3, 0.4) is 0 Å². The molecular formula is C21H21N3O2. The van der Waals surface area contributed by atoms with Crippen LogP contribution in [0.4, 0.5) is 5.69 Å². The van der Waals surface area contributed by atoms with Gasteiger partial charge in [-0.3, -0.25) is 14.2 Å². The minimum Gasteiger partial charge on any atom is -0.324 e. The van der Waals surface area contributed by atoms with Gasteiger partial charge in [0.15, 0.2) is 0 Å². The van der Waals surface area contributed by atoms with Crippen molar-refractivity contribution in [2.45, 2.75) is 26.8 Å². The molecule has 3 aromatic rings. The third-order valence-electron chi connectivity index (χ3n) is 4.14. The van der Waals surface area contributed by atoms with Crippen LogP contribution >= 0.6 is 0 Å². The van der Waals surface area contributed by atoms with Gasteiger partial charge >= 0.3 is 0 Å². The van der Waals surface area contributed by atoms with Crippen LogP contribution in [0.1, 0.15) is 18.2 Å². The third-order valence-corrected chi connectivity index (χ3v) is 4.14. The zero-order valence-electron chi connectivity index (χ0n) is 14.9. The second-order valence-corrected chi connectivity index (χ2v) is 6.07. The first-order valence-corrected chi connectivity index (χ1v) is 8.60. The van der Waals surface area contributed by atoms with Gasteiger partial charge in [0.25, 0.3) is 5.56 Å². The van der Waals surface area contributed by atoms with E-state index in [1.54, 1.807) is 6.92 Å². The second kappa shape index (κ2) is 7.78. The van der Waals surface area contributed by atoms with Crippen molar-refractivity contribution >= 4 is 11.6 Å². The van der Waals surface area contributed by atoms with Crippen molar-refractivity contribution in [3.05, 3.63) is 82.3 Å². The van der Waals surface area contributed by atoms with E-state index in [0.717, 1.165) is 23.2 Å². The fourth-order valence-electron chi connectivity index (χ4n) is 2.86. The molecule has 0 saturated carbocycles. The van der Waals surface area contributed by atoms with Gasteiger partial charge in [0.2, 0.25) is 5.91 Å². The quantitative estimate of drug-likeness (QED) is 0.769. The Morgan fingerprint density at radius 1 is 1.08 bits per heavy atom. The lowest BCUT2D eigenvalue weighted by Gasteiger charge is -2.14. The molecule has 0 aliphatic rings. The van der Waals surface area contributed by atoms with E-state index in [4.69, 9.17) is 0 Å². The Labute approximate surface area is 152 Å². The summed E-state index contributed by atoms with van der Waals surface area (Å²) in [6.45, 7) is 3.72. The highest BCUT2D eigenvalue weighted by molar-refractivity contribution is 5.91. The van der Waals surface area contributed by atoms with Gasteiger partial charge < -0.3 is 5.32 Å². The molecule has 2 aromatic carbocycles. The number of carbonyl (C=O) groups is 1. The van der Waals surface area contributed by atoms with Crippen LogP contribution in [-0.2, 0) is 17.8 Å². The zero-order valence-corrected chi connectivity index (χ0v) is 14.9. The molecule has 0 radical (unpaired) electrons. The highest BCUT2D eigenvalue weighted by atomic mass is 16.2. The first kappa shape index (κ1) is 17.6. The predicted octanol–water partition coefficient (Wildman–Crippen LogP) is 3.42. The van der Waals surface area contributed by atoms with Gasteiger partial charge in [-0.2, -0.15) is 0 Å². The molecule has 132 valence electrons. The first-order chi connectivity index (χ1) is 12.6. The van der Waals surface area contributed by atoms with Gasteiger partial charge in [0.1, 0.15) is 12.4 Å². The molecule has 1 heterocycles. The summed E-state index contributed by atoms with van der Waals surface area (Å²) in [7, 11) is 0. The molecule has 0 saturated heterocycles. The molecule has 0 spiro atoms. The minimum atomic E-state index is -0.254. The Kier molecular flexibility index (Phi) is 5.27. The number of benzene rings is 2. The van der Waals surface area contributed by atoms with Crippen molar-refractivity contribution in [1.29, 1.82) is 0 Å². The number of anilines is 1. The Morgan fingerprint density at radius 2 is 1.77 bits per heavy atom. The topological polar surface area (TPSA) is 64.0 Å². The number of aryl methyl sites for hydroxylation is 2. The largest absolute Gasteiger partial charge is 0.324 e. The van der Waals surface area contributed by atoms with E-state index in [1.807, 2.05) is 61.5 Å². The van der Waals surface area contributed by atoms with E-state index in [2.05, 4.69) is 10.3 Å². The molecule has 1 amide bonds. The normalized spacial score (nSPS) is 10.5. The smallest absolute Gasteiger partial charge is 0.254 e. The van der Waals surface area contributed by atoms with Crippen LogP contribution in [0.2, 0.25) is 0 Å². The summed E-state index contributed by atoms with van der Waals surface area (Å²) in [5.41, 5.74) is 3.01. The third kappa shape index (κ3) is 3.88. The number of aromatic nitrogens is 2. The zero-order chi connectivity index (χ0) is 18.5. The van der Waals surface area contributed by atoms with Crippen molar-refractivity contribution in [3.63, 3.8) is 0 Å². The van der Waals surface area contributed by atoms with Crippen molar-refractivity contribution in [2.75, 3.05) is 5.32 Å². The Morgan fingerprint density at radius 3 is 2.50 bits per heavy atom. The predicted molar refractivity (Wildman–Crippen MR) is 103 cm³/mol. The molecule has 0 bridgehead atoms. The van der Waals surface area contributed by atoms with E-state index in [9.17, 15) is 9.59 Å². The van der Waals surface area contributed by atoms with Crippen molar-refractivity contribution in [1.82, 2.24) is 9.55 Å². The lowest BCUT2D eigenvalue weighted by molar-refractivity contribution is -0.116. The number of hydrogen-bond acceptors (Lipinski definition) is 3. The lowest BCUT2D eigenvalue weighted by atomic mass is 10.1. The van der Waals surface area contributed by atoms with Crippen molar-refractivity contribution in [3.8, 4) is 11.4 Å². The van der Waals surface area contributed by atoms with Gasteiger partial charge in [-0.05, 0) is 25.0 Å². The van der Waals surface area contributed by atoms with E-state index >= 15 is 0 Å². The number of nitrogens with zero attached hydrogens (tertiary/aromatic N) is 2. The van der Waals surface area contributed by atoms with Crippen LogP contribution in [0.15, 0.2) is 65.5 Å². The van der Waals surface area contributed by atoms with Gasteiger partial charge in [-0.1, -0.05) is 55.5 Å². The fourth-order valence-corrected chi connectivity index (χ4v) is 2.86. The molecule has 0 aliphatic carbocycles. The monoisotopic (exact) mass is 347 g/mol. The van der Waals surface area contributed by atoms with Crippen LogP contribution < -0.4 is 10.9 Å². The first-order valence-electron chi connectivity index (χ1n) is 8.60. The van der Waals surface area contributed by atoms with Gasteiger partial charge in [0.05, 0.1) is 0 Å². The number of amides is 1. The molecule has 1 N–H and O–H groups in total. The molecule has 3 rings (SSSR count). The Hall–Kier alpha value is -3.21. The van der Waals surface area contributed by atoms with E-state index in [1.165, 1.54) is 10.6 Å². The van der Waals surface area contributed by atoms with Gasteiger partial charge in [0, 0.05) is 23.0 Å². The standard InChI is InChI=1S/C21H21N3O2/c1-3-16-9-7-8-12-18(16)23-19(25)14-24-20(26)13-15(2)22-21(24)17-10-5-4-6-11-17/h4-13H,3,14H2,1-2H3,(H,23,25). The fraction of sp³-hybridized carbons (Fsp3) is 0.190. The van der Waals surface area contributed by atoms with Crippen LogP contribution in [0.25, 0.3) is 11.4 Å². The van der Waals surface area contributed by atoms with Crippen LogP contribution in [0, 0.1) is 6.92 Å². The summed E-state index contributed by atoms with van der Waals surface area (Å²) in [5.74, 6) is 0.241. The average molecular weight is 347 g/mol. The number of hydrogen-bond donors (Lipinski definition) is 1. The molecule has 0 atom stereocenters. The van der Waals surface area contributed by atoms with E-state index in [-0.39, 0.29) is 18.0 Å². The molecule has 1 aromatic heterocycles. The van der Waals surface area contributed by atoms with Gasteiger partial charge in [-0.25, -0.2) is 4.98 Å². The van der Waals surface area contributed by atoms with Crippen molar-refractivity contribution < 1.29 is 4.79 Å². The Bertz CT molecular complexity index is 978. The highest BCUT2D eigenvalue weighted by Crippen LogP contribution is 2.17. The molecule has 5 heteroatoms. The summed E-state index contributed by atoms with van der Waals surface area (Å²) in [4.78, 5) is 29.5.